The zero-order valence-electron chi connectivity index (χ0n) is 15.3. The van der Waals surface area contributed by atoms with Gasteiger partial charge in [-0.15, -0.1) is 11.3 Å². The Morgan fingerprint density at radius 3 is 2.59 bits per heavy atom. The van der Waals surface area contributed by atoms with Crippen molar-refractivity contribution in [1.29, 1.82) is 0 Å². The molecule has 0 aliphatic carbocycles. The number of anilines is 2. The van der Waals surface area contributed by atoms with Crippen LogP contribution in [-0.2, 0) is 11.2 Å². The normalized spacial score (nSPS) is 10.8. The lowest BCUT2D eigenvalue weighted by Crippen LogP contribution is -2.21. The van der Waals surface area contributed by atoms with Gasteiger partial charge < -0.3 is 10.6 Å². The Morgan fingerprint density at radius 1 is 1.00 bits per heavy atom. The molecule has 4 nitrogen and oxygen atoms in total. The monoisotopic (exact) mass is 441 g/mol. The van der Waals surface area contributed by atoms with Gasteiger partial charge in [0.25, 0.3) is 0 Å². The molecule has 1 heterocycles. The zero-order valence-corrected chi connectivity index (χ0v) is 17.6. The van der Waals surface area contributed by atoms with Gasteiger partial charge in [0, 0.05) is 38.6 Å². The molecule has 0 aliphatic rings. The molecule has 0 aliphatic heterocycles. The molecule has 0 bridgehead atoms. The highest BCUT2D eigenvalue weighted by atomic mass is 35.5. The largest absolute Gasteiger partial charge is 0.376 e. The van der Waals surface area contributed by atoms with Crippen LogP contribution in [0.25, 0.3) is 10.8 Å². The molecule has 1 aromatic heterocycles. The van der Waals surface area contributed by atoms with E-state index in [0.29, 0.717) is 21.6 Å². The molecule has 0 saturated heterocycles. The first-order chi connectivity index (χ1) is 14.1. The van der Waals surface area contributed by atoms with Gasteiger partial charge in [-0.25, -0.2) is 4.98 Å². The summed E-state index contributed by atoms with van der Waals surface area (Å²) in [4.78, 5) is 17.6. The third-order valence-electron chi connectivity index (χ3n) is 4.33. The third-order valence-corrected chi connectivity index (χ3v) is 5.68. The van der Waals surface area contributed by atoms with E-state index in [9.17, 15) is 4.79 Å². The number of hydrogen-bond donors (Lipinski definition) is 2. The lowest BCUT2D eigenvalue weighted by Gasteiger charge is -2.09. The molecule has 0 spiro atoms. The van der Waals surface area contributed by atoms with E-state index in [1.807, 2.05) is 54.6 Å². The van der Waals surface area contributed by atoms with E-state index in [1.165, 1.54) is 11.3 Å². The second-order valence-electron chi connectivity index (χ2n) is 6.51. The predicted octanol–water partition coefficient (Wildman–Crippen LogP) is 6.24. The number of nitrogens with zero attached hydrogens (tertiary/aromatic N) is 1. The van der Waals surface area contributed by atoms with Crippen LogP contribution in [0.1, 0.15) is 10.4 Å². The second-order valence-corrected chi connectivity index (χ2v) is 8.50. The van der Waals surface area contributed by atoms with Crippen molar-refractivity contribution in [2.45, 2.75) is 6.42 Å². The highest BCUT2D eigenvalue weighted by Gasteiger charge is 2.09. The molecular weight excluding hydrogens is 425 g/mol. The standard InChI is InChI=1S/C22H17Cl2N3OS/c23-16-8-14(9-17(24)11-16)10-18-12-26-22(29-18)27-21(28)13-25-20-7-3-5-15-4-1-2-6-19(15)20/h1-9,11-12,25H,10,13H2,(H,26,27,28). The average Bonchev–Trinajstić information content (AvgIpc) is 3.12. The maximum Gasteiger partial charge on any atom is 0.245 e. The summed E-state index contributed by atoms with van der Waals surface area (Å²) in [5, 5.41) is 10.0. The summed E-state index contributed by atoms with van der Waals surface area (Å²) in [6.07, 6.45) is 2.41. The summed E-state index contributed by atoms with van der Waals surface area (Å²) < 4.78 is 0. The number of carbonyl (C=O) groups is 1. The summed E-state index contributed by atoms with van der Waals surface area (Å²) in [6.45, 7) is 0.160. The minimum atomic E-state index is -0.148. The van der Waals surface area contributed by atoms with Crippen molar-refractivity contribution in [3.8, 4) is 0 Å². The molecule has 1 amide bonds. The van der Waals surface area contributed by atoms with Gasteiger partial charge >= 0.3 is 0 Å². The van der Waals surface area contributed by atoms with Gasteiger partial charge in [-0.05, 0) is 35.2 Å². The Hall–Kier alpha value is -2.60. The number of carbonyl (C=O) groups excluding carboxylic acids is 1. The zero-order chi connectivity index (χ0) is 20.2. The molecule has 7 heteroatoms. The summed E-state index contributed by atoms with van der Waals surface area (Å²) in [6, 6.07) is 19.5. The fraction of sp³-hybridized carbons (Fsp3) is 0.0909. The lowest BCUT2D eigenvalue weighted by atomic mass is 10.1. The first-order valence-electron chi connectivity index (χ1n) is 8.98. The summed E-state index contributed by atoms with van der Waals surface area (Å²) >= 11 is 13.5. The maximum absolute atomic E-state index is 12.3. The van der Waals surface area contributed by atoms with E-state index >= 15 is 0 Å². The van der Waals surface area contributed by atoms with Gasteiger partial charge in [0.2, 0.25) is 5.91 Å². The van der Waals surface area contributed by atoms with Crippen molar-refractivity contribution in [2.75, 3.05) is 17.2 Å². The van der Waals surface area contributed by atoms with E-state index in [0.717, 1.165) is 26.9 Å². The van der Waals surface area contributed by atoms with Crippen LogP contribution in [0.2, 0.25) is 10.0 Å². The smallest absolute Gasteiger partial charge is 0.245 e. The van der Waals surface area contributed by atoms with Crippen LogP contribution < -0.4 is 10.6 Å². The first-order valence-corrected chi connectivity index (χ1v) is 10.6. The lowest BCUT2D eigenvalue weighted by molar-refractivity contribution is -0.114. The average molecular weight is 442 g/mol. The Kier molecular flexibility index (Phi) is 6.00. The van der Waals surface area contributed by atoms with Gasteiger partial charge in [-0.2, -0.15) is 0 Å². The molecule has 0 atom stereocenters. The van der Waals surface area contributed by atoms with Crippen LogP contribution in [0, 0.1) is 0 Å². The molecule has 0 unspecified atom stereocenters. The minimum absolute atomic E-state index is 0.148. The molecule has 0 fully saturated rings. The topological polar surface area (TPSA) is 54.0 Å². The number of amides is 1. The van der Waals surface area contributed by atoms with Crippen molar-refractivity contribution in [3.63, 3.8) is 0 Å². The van der Waals surface area contributed by atoms with E-state index in [-0.39, 0.29) is 12.5 Å². The molecule has 4 aromatic rings. The van der Waals surface area contributed by atoms with E-state index in [1.54, 1.807) is 12.3 Å². The molecule has 146 valence electrons. The molecule has 29 heavy (non-hydrogen) atoms. The van der Waals surface area contributed by atoms with Gasteiger partial charge in [0.1, 0.15) is 0 Å². The van der Waals surface area contributed by atoms with Crippen molar-refractivity contribution in [2.24, 2.45) is 0 Å². The van der Waals surface area contributed by atoms with Crippen LogP contribution in [-0.4, -0.2) is 17.4 Å². The number of aromatic nitrogens is 1. The number of rotatable bonds is 6. The van der Waals surface area contributed by atoms with Crippen LogP contribution >= 0.6 is 34.5 Å². The SMILES string of the molecule is O=C(CNc1cccc2ccccc12)Nc1ncc(Cc2cc(Cl)cc(Cl)c2)s1. The van der Waals surface area contributed by atoms with Crippen molar-refractivity contribution in [3.05, 3.63) is 87.3 Å². The second kappa shape index (κ2) is 8.82. The quantitative estimate of drug-likeness (QED) is 0.371. The molecule has 4 rings (SSSR count). The fourth-order valence-electron chi connectivity index (χ4n) is 3.08. The number of halogens is 2. The summed E-state index contributed by atoms with van der Waals surface area (Å²) in [5.74, 6) is -0.148. The first kappa shape index (κ1) is 19.7. The van der Waals surface area contributed by atoms with Crippen molar-refractivity contribution >= 4 is 62.0 Å². The number of thiazole rings is 1. The highest BCUT2D eigenvalue weighted by molar-refractivity contribution is 7.15. The Morgan fingerprint density at radius 2 is 1.76 bits per heavy atom. The number of benzene rings is 3. The van der Waals surface area contributed by atoms with Crippen LogP contribution in [0.5, 0.6) is 0 Å². The van der Waals surface area contributed by atoms with E-state index in [4.69, 9.17) is 23.2 Å². The maximum atomic E-state index is 12.3. The van der Waals surface area contributed by atoms with Gasteiger partial charge in [0.15, 0.2) is 5.13 Å². The number of nitrogens with one attached hydrogen (secondary N) is 2. The van der Waals surface area contributed by atoms with E-state index in [2.05, 4.69) is 15.6 Å². The van der Waals surface area contributed by atoms with Crippen LogP contribution in [0.15, 0.2) is 66.9 Å². The van der Waals surface area contributed by atoms with Crippen molar-refractivity contribution < 1.29 is 4.79 Å². The fourth-order valence-corrected chi connectivity index (χ4v) is 4.51. The van der Waals surface area contributed by atoms with Gasteiger partial charge in [-0.1, -0.05) is 59.6 Å². The summed E-state index contributed by atoms with van der Waals surface area (Å²) in [7, 11) is 0. The molecule has 2 N–H and O–H groups in total. The van der Waals surface area contributed by atoms with Crippen LogP contribution in [0.4, 0.5) is 10.8 Å². The Balaban J connectivity index is 1.36. The molecule has 0 saturated carbocycles. The van der Waals surface area contributed by atoms with Crippen molar-refractivity contribution in [1.82, 2.24) is 4.98 Å². The number of hydrogen-bond acceptors (Lipinski definition) is 4. The Bertz CT molecular complexity index is 1150. The molecular formula is C22H17Cl2N3OS. The predicted molar refractivity (Wildman–Crippen MR) is 122 cm³/mol. The molecule has 3 aromatic carbocycles. The van der Waals surface area contributed by atoms with Crippen LogP contribution in [0.3, 0.4) is 0 Å². The van der Waals surface area contributed by atoms with E-state index < -0.39 is 0 Å². The minimum Gasteiger partial charge on any atom is -0.376 e. The Labute approximate surface area is 182 Å². The van der Waals surface area contributed by atoms with Gasteiger partial charge in [0.05, 0.1) is 6.54 Å². The highest BCUT2D eigenvalue weighted by Crippen LogP contribution is 2.25. The third kappa shape index (κ3) is 5.07. The van der Waals surface area contributed by atoms with Gasteiger partial charge in [-0.3, -0.25) is 4.79 Å². The molecule has 0 radical (unpaired) electrons. The summed E-state index contributed by atoms with van der Waals surface area (Å²) in [5.41, 5.74) is 1.93. The number of fused-ring (bicyclic) bond motifs is 1.